The summed E-state index contributed by atoms with van der Waals surface area (Å²) in [7, 11) is 1.53. The number of amides is 4. The zero-order valence-corrected chi connectivity index (χ0v) is 23.1. The van der Waals surface area contributed by atoms with Crippen LogP contribution in [-0.2, 0) is 14.4 Å². The number of nitrogens with zero attached hydrogens (tertiary/aromatic N) is 2. The van der Waals surface area contributed by atoms with E-state index in [0.29, 0.717) is 0 Å². The number of para-hydroxylation sites is 1. The van der Waals surface area contributed by atoms with Gasteiger partial charge in [0.25, 0.3) is 11.8 Å². The summed E-state index contributed by atoms with van der Waals surface area (Å²) in [5.74, 6) is -2.62. The van der Waals surface area contributed by atoms with Crippen LogP contribution in [0.4, 0.5) is 13.2 Å². The number of hydrogen-bond donors (Lipinski definition) is 3. The number of likely N-dealkylation sites (tertiary alicyclic amines) is 1. The number of benzene rings is 1. The predicted octanol–water partition coefficient (Wildman–Crippen LogP) is 2.00. The Morgan fingerprint density at radius 2 is 1.85 bits per heavy atom. The number of aliphatic hydroxyl groups excluding tert-OH is 1. The van der Waals surface area contributed by atoms with Gasteiger partial charge in [-0.2, -0.15) is 13.2 Å². The van der Waals surface area contributed by atoms with Crippen molar-refractivity contribution in [2.24, 2.45) is 0 Å². The number of carbonyl (C=O) groups excluding carboxylic acids is 4. The minimum atomic E-state index is -4.60. The lowest BCUT2D eigenvalue weighted by Crippen LogP contribution is -2.54. The molecule has 10 nitrogen and oxygen atoms in total. The molecule has 1 heterocycles. The number of alkyl halides is 3. The number of carbonyl (C=O) groups is 4. The molecule has 1 saturated carbocycles. The summed E-state index contributed by atoms with van der Waals surface area (Å²) < 4.78 is 45.0. The number of rotatable bonds is 11. The average Bonchev–Trinajstić information content (AvgIpc) is 3.47. The van der Waals surface area contributed by atoms with E-state index in [1.54, 1.807) is 19.9 Å². The second-order valence-corrected chi connectivity index (χ2v) is 11.0. The second kappa shape index (κ2) is 12.4. The fourth-order valence-corrected chi connectivity index (χ4v) is 4.39. The van der Waals surface area contributed by atoms with E-state index in [2.05, 4.69) is 10.6 Å². The third-order valence-corrected chi connectivity index (χ3v) is 7.22. The van der Waals surface area contributed by atoms with E-state index < -0.39 is 54.9 Å². The Labute approximate surface area is 231 Å². The molecular weight excluding hydrogens is 533 g/mol. The van der Waals surface area contributed by atoms with Gasteiger partial charge in [-0.1, -0.05) is 12.1 Å². The molecule has 1 aliphatic carbocycles. The molecule has 3 N–H and O–H groups in total. The molecule has 1 saturated heterocycles. The molecule has 1 aliphatic heterocycles. The number of halogens is 3. The molecule has 0 bridgehead atoms. The minimum absolute atomic E-state index is 0.0151. The lowest BCUT2D eigenvalue weighted by molar-refractivity contribution is -0.148. The molecule has 1 aromatic rings. The summed E-state index contributed by atoms with van der Waals surface area (Å²) in [6.07, 6.45) is -6.16. The Bertz CT molecular complexity index is 1110. The van der Waals surface area contributed by atoms with Crippen LogP contribution in [0.15, 0.2) is 24.3 Å². The molecule has 0 radical (unpaired) electrons. The first-order valence-corrected chi connectivity index (χ1v) is 13.3. The van der Waals surface area contributed by atoms with Gasteiger partial charge >= 0.3 is 6.18 Å². The summed E-state index contributed by atoms with van der Waals surface area (Å²) in [4.78, 5) is 54.3. The molecule has 1 unspecified atom stereocenters. The minimum Gasteiger partial charge on any atom is -0.483 e. The lowest BCUT2D eigenvalue weighted by atomic mass is 10.1. The quantitative estimate of drug-likeness (QED) is 0.374. The first kappa shape index (κ1) is 31.2. The SMILES string of the molecule is CC(C)N(C)C(=O)[C@H]1C[C@H](O)CN1C(=O)C(CCC(F)(F)F)NC(=O)c1ccccc1OCC(=O)NC1(C)CC1. The van der Waals surface area contributed by atoms with Crippen LogP contribution < -0.4 is 15.4 Å². The molecular formula is C27H37F3N4O6. The van der Waals surface area contributed by atoms with Gasteiger partial charge in [0.05, 0.1) is 11.7 Å². The molecule has 4 amide bonds. The largest absolute Gasteiger partial charge is 0.483 e. The Morgan fingerprint density at radius 1 is 1.20 bits per heavy atom. The Kier molecular flexibility index (Phi) is 9.70. The summed E-state index contributed by atoms with van der Waals surface area (Å²) in [6.45, 7) is 4.78. The molecule has 3 atom stereocenters. The molecule has 1 aromatic carbocycles. The molecule has 2 fully saturated rings. The van der Waals surface area contributed by atoms with Crippen molar-refractivity contribution in [2.75, 3.05) is 20.2 Å². The van der Waals surface area contributed by atoms with Crippen molar-refractivity contribution in [2.45, 2.75) is 88.8 Å². The van der Waals surface area contributed by atoms with E-state index in [9.17, 15) is 37.5 Å². The summed E-state index contributed by atoms with van der Waals surface area (Å²) in [5.41, 5.74) is -0.346. The Morgan fingerprint density at radius 3 is 2.45 bits per heavy atom. The van der Waals surface area contributed by atoms with Crippen molar-refractivity contribution in [3.05, 3.63) is 29.8 Å². The first-order valence-electron chi connectivity index (χ1n) is 13.3. The van der Waals surface area contributed by atoms with Gasteiger partial charge in [0, 0.05) is 38.0 Å². The van der Waals surface area contributed by atoms with Crippen LogP contribution in [0.2, 0.25) is 0 Å². The summed E-state index contributed by atoms with van der Waals surface area (Å²) in [5, 5.41) is 15.4. The number of β-amino-alcohol motifs (C(OH)–C–C–N with tert-alkyl or cyclic N) is 1. The number of hydrogen-bond acceptors (Lipinski definition) is 6. The second-order valence-electron chi connectivity index (χ2n) is 11.0. The monoisotopic (exact) mass is 570 g/mol. The molecule has 0 spiro atoms. The zero-order chi connectivity index (χ0) is 29.8. The maximum absolute atomic E-state index is 13.5. The molecule has 40 heavy (non-hydrogen) atoms. The van der Waals surface area contributed by atoms with Crippen molar-refractivity contribution in [3.8, 4) is 5.75 Å². The van der Waals surface area contributed by atoms with E-state index >= 15 is 0 Å². The van der Waals surface area contributed by atoms with Crippen LogP contribution >= 0.6 is 0 Å². The number of likely N-dealkylation sites (N-methyl/N-ethyl adjacent to an activating group) is 1. The third kappa shape index (κ3) is 8.33. The molecule has 222 valence electrons. The lowest BCUT2D eigenvalue weighted by Gasteiger charge is -2.32. The van der Waals surface area contributed by atoms with Crippen molar-refractivity contribution in [1.82, 2.24) is 20.4 Å². The van der Waals surface area contributed by atoms with Crippen molar-refractivity contribution in [3.63, 3.8) is 0 Å². The fourth-order valence-electron chi connectivity index (χ4n) is 4.39. The smallest absolute Gasteiger partial charge is 0.389 e. The van der Waals surface area contributed by atoms with Gasteiger partial charge in [0.15, 0.2) is 6.61 Å². The van der Waals surface area contributed by atoms with Gasteiger partial charge in [0.2, 0.25) is 11.8 Å². The van der Waals surface area contributed by atoms with Crippen molar-refractivity contribution in [1.29, 1.82) is 0 Å². The van der Waals surface area contributed by atoms with Crippen molar-refractivity contribution < 1.29 is 42.2 Å². The average molecular weight is 571 g/mol. The van der Waals surface area contributed by atoms with E-state index in [4.69, 9.17) is 4.74 Å². The van der Waals surface area contributed by atoms with E-state index in [-0.39, 0.29) is 48.4 Å². The maximum Gasteiger partial charge on any atom is 0.389 e. The van der Waals surface area contributed by atoms with Gasteiger partial charge in [-0.25, -0.2) is 0 Å². The molecule has 13 heteroatoms. The summed E-state index contributed by atoms with van der Waals surface area (Å²) >= 11 is 0. The van der Waals surface area contributed by atoms with Crippen molar-refractivity contribution >= 4 is 23.6 Å². The number of ether oxygens (including phenoxy) is 1. The normalized spacial score (nSPS) is 20.6. The van der Waals surface area contributed by atoms with Gasteiger partial charge in [-0.3, -0.25) is 19.2 Å². The molecule has 0 aromatic heterocycles. The number of aliphatic hydroxyl groups is 1. The highest BCUT2D eigenvalue weighted by atomic mass is 19.4. The molecule has 3 rings (SSSR count). The third-order valence-electron chi connectivity index (χ3n) is 7.22. The zero-order valence-electron chi connectivity index (χ0n) is 23.1. The van der Waals surface area contributed by atoms with Gasteiger partial charge < -0.3 is 30.3 Å². The van der Waals surface area contributed by atoms with Gasteiger partial charge in [0.1, 0.15) is 17.8 Å². The van der Waals surface area contributed by atoms with E-state index in [1.807, 2.05) is 6.92 Å². The van der Waals surface area contributed by atoms with E-state index in [1.165, 1.54) is 30.1 Å². The predicted molar refractivity (Wildman–Crippen MR) is 138 cm³/mol. The number of nitrogens with one attached hydrogen (secondary N) is 2. The topological polar surface area (TPSA) is 128 Å². The maximum atomic E-state index is 13.5. The van der Waals surface area contributed by atoms with Gasteiger partial charge in [-0.15, -0.1) is 0 Å². The standard InChI is InChI=1S/C27H37F3N4O6/c1-16(2)33(4)25(39)20-13-17(35)14-34(20)24(38)19(9-10-27(28,29)30)31-23(37)18-7-5-6-8-21(18)40-15-22(36)32-26(3)11-12-26/h5-8,16-17,19-20,35H,9-15H2,1-4H3,(H,31,37)(H,32,36)/t17-,19?,20+/m0/s1. The van der Waals surface area contributed by atoms with Crippen LogP contribution in [0.25, 0.3) is 0 Å². The molecule has 2 aliphatic rings. The highest BCUT2D eigenvalue weighted by Gasteiger charge is 2.44. The van der Waals surface area contributed by atoms with E-state index in [0.717, 1.165) is 17.7 Å². The summed E-state index contributed by atoms with van der Waals surface area (Å²) in [6, 6.07) is 2.93. The Hall–Kier alpha value is -3.35. The Balaban J connectivity index is 1.78. The highest BCUT2D eigenvalue weighted by molar-refractivity contribution is 6.00. The van der Waals surface area contributed by atoms with Crippen LogP contribution in [-0.4, -0.2) is 94.7 Å². The van der Waals surface area contributed by atoms with Crippen LogP contribution in [0, 0.1) is 0 Å². The highest BCUT2D eigenvalue weighted by Crippen LogP contribution is 2.34. The van der Waals surface area contributed by atoms with Gasteiger partial charge in [-0.05, 0) is 52.2 Å². The first-order chi connectivity index (χ1) is 18.6. The fraction of sp³-hybridized carbons (Fsp3) is 0.630. The van der Waals surface area contributed by atoms with Crippen LogP contribution in [0.5, 0.6) is 5.75 Å². The van der Waals surface area contributed by atoms with Crippen LogP contribution in [0.1, 0.15) is 63.2 Å². The van der Waals surface area contributed by atoms with Crippen LogP contribution in [0.3, 0.4) is 0 Å².